The summed E-state index contributed by atoms with van der Waals surface area (Å²) in [7, 11) is 2.14. The fourth-order valence-corrected chi connectivity index (χ4v) is 3.62. The molecular weight excluding hydrogens is 326 g/mol. The molecule has 3 heterocycles. The number of nitrogens with zero attached hydrogens (tertiary/aromatic N) is 4. The zero-order valence-electron chi connectivity index (χ0n) is 15.1. The number of piperidine rings is 1. The average molecular weight is 349 g/mol. The van der Waals surface area contributed by atoms with Crippen LogP contribution in [0.15, 0.2) is 36.7 Å². The smallest absolute Gasteiger partial charge is 0.158 e. The molecule has 1 aliphatic heterocycles. The third-order valence-electron chi connectivity index (χ3n) is 4.95. The van der Waals surface area contributed by atoms with Gasteiger partial charge in [-0.15, -0.1) is 10.2 Å². The highest BCUT2D eigenvalue weighted by Gasteiger charge is 2.20. The van der Waals surface area contributed by atoms with Gasteiger partial charge in [0.2, 0.25) is 0 Å². The predicted molar refractivity (Wildman–Crippen MR) is 103 cm³/mol. The molecule has 1 unspecified atom stereocenters. The van der Waals surface area contributed by atoms with Crippen molar-refractivity contribution in [3.05, 3.63) is 42.2 Å². The highest BCUT2D eigenvalue weighted by atomic mass is 16.3. The van der Waals surface area contributed by atoms with Crippen molar-refractivity contribution >= 4 is 16.6 Å². The van der Waals surface area contributed by atoms with E-state index in [1.165, 1.54) is 6.42 Å². The molecule has 0 aliphatic carbocycles. The van der Waals surface area contributed by atoms with Gasteiger partial charge in [0.15, 0.2) is 5.82 Å². The van der Waals surface area contributed by atoms with Crippen molar-refractivity contribution in [3.63, 3.8) is 0 Å². The molecule has 1 atom stereocenters. The zero-order valence-corrected chi connectivity index (χ0v) is 15.1. The molecule has 1 saturated heterocycles. The topological polar surface area (TPSA) is 74.2 Å². The fraction of sp³-hybridized carbons (Fsp3) is 0.350. The molecule has 0 saturated carbocycles. The van der Waals surface area contributed by atoms with Gasteiger partial charge in [-0.1, -0.05) is 6.07 Å². The van der Waals surface area contributed by atoms with E-state index in [-0.39, 0.29) is 5.75 Å². The number of hydrogen-bond acceptors (Lipinski definition) is 6. The Bertz CT molecular complexity index is 943. The van der Waals surface area contributed by atoms with Gasteiger partial charge in [0, 0.05) is 41.3 Å². The van der Waals surface area contributed by atoms with Crippen molar-refractivity contribution in [1.82, 2.24) is 20.1 Å². The number of phenols is 1. The summed E-state index contributed by atoms with van der Waals surface area (Å²) in [4.78, 5) is 6.60. The second-order valence-electron chi connectivity index (χ2n) is 7.08. The van der Waals surface area contributed by atoms with Crippen molar-refractivity contribution in [3.8, 4) is 17.0 Å². The summed E-state index contributed by atoms with van der Waals surface area (Å²) in [5.74, 6) is 0.968. The molecule has 2 N–H and O–H groups in total. The molecule has 1 aromatic carbocycles. The van der Waals surface area contributed by atoms with E-state index in [1.54, 1.807) is 12.3 Å². The Kier molecular flexibility index (Phi) is 4.42. The third kappa shape index (κ3) is 3.20. The monoisotopic (exact) mass is 349 g/mol. The number of aromatic hydroxyl groups is 1. The Morgan fingerprint density at radius 3 is 2.88 bits per heavy atom. The van der Waals surface area contributed by atoms with Gasteiger partial charge in [0.25, 0.3) is 0 Å². The Hall–Kier alpha value is -2.73. The summed E-state index contributed by atoms with van der Waals surface area (Å²) in [6.45, 7) is 4.08. The molecule has 26 heavy (non-hydrogen) atoms. The van der Waals surface area contributed by atoms with Crippen LogP contribution in [0.25, 0.3) is 22.0 Å². The van der Waals surface area contributed by atoms with Crippen LogP contribution in [0, 0.1) is 6.92 Å². The molecule has 1 fully saturated rings. The molecule has 0 radical (unpaired) electrons. The van der Waals surface area contributed by atoms with Crippen molar-refractivity contribution in [2.45, 2.75) is 25.8 Å². The lowest BCUT2D eigenvalue weighted by atomic mass is 10.0. The van der Waals surface area contributed by atoms with Gasteiger partial charge in [-0.3, -0.25) is 4.98 Å². The van der Waals surface area contributed by atoms with Crippen LogP contribution < -0.4 is 5.32 Å². The second kappa shape index (κ2) is 6.88. The molecule has 1 aliphatic rings. The normalized spacial score (nSPS) is 18.2. The van der Waals surface area contributed by atoms with Crippen LogP contribution in [0.4, 0.5) is 5.82 Å². The zero-order chi connectivity index (χ0) is 18.1. The minimum absolute atomic E-state index is 0.215. The van der Waals surface area contributed by atoms with Crippen molar-refractivity contribution < 1.29 is 5.11 Å². The van der Waals surface area contributed by atoms with Gasteiger partial charge in [-0.2, -0.15) is 0 Å². The van der Waals surface area contributed by atoms with E-state index in [9.17, 15) is 5.11 Å². The predicted octanol–water partition coefficient (Wildman–Crippen LogP) is 3.21. The van der Waals surface area contributed by atoms with Crippen LogP contribution in [0.3, 0.4) is 0 Å². The number of anilines is 1. The van der Waals surface area contributed by atoms with Crippen LogP contribution in [-0.2, 0) is 0 Å². The van der Waals surface area contributed by atoms with E-state index in [4.69, 9.17) is 0 Å². The average Bonchev–Trinajstić information content (AvgIpc) is 2.63. The fourth-order valence-electron chi connectivity index (χ4n) is 3.62. The van der Waals surface area contributed by atoms with Gasteiger partial charge >= 0.3 is 0 Å². The van der Waals surface area contributed by atoms with E-state index < -0.39 is 0 Å². The number of fused-ring (bicyclic) bond motifs is 1. The van der Waals surface area contributed by atoms with Gasteiger partial charge in [-0.25, -0.2) is 0 Å². The molecular formula is C20H23N5O. The molecule has 2 aromatic heterocycles. The van der Waals surface area contributed by atoms with Gasteiger partial charge < -0.3 is 15.3 Å². The molecule has 6 heteroatoms. The summed E-state index contributed by atoms with van der Waals surface area (Å²) in [5.41, 5.74) is 2.36. The molecule has 6 nitrogen and oxygen atoms in total. The van der Waals surface area contributed by atoms with Crippen molar-refractivity contribution in [2.24, 2.45) is 0 Å². The summed E-state index contributed by atoms with van der Waals surface area (Å²) in [5, 5.41) is 24.6. The Labute approximate surface area is 152 Å². The lowest BCUT2D eigenvalue weighted by Crippen LogP contribution is -2.40. The maximum Gasteiger partial charge on any atom is 0.158 e. The Morgan fingerprint density at radius 2 is 2.08 bits per heavy atom. The number of likely N-dealkylation sites (tertiary alicyclic amines) is 1. The molecule has 134 valence electrons. The van der Waals surface area contributed by atoms with Crippen LogP contribution in [0.1, 0.15) is 18.4 Å². The number of rotatable bonds is 3. The first kappa shape index (κ1) is 16.7. The first-order valence-electron chi connectivity index (χ1n) is 8.97. The van der Waals surface area contributed by atoms with Crippen LogP contribution in [0.5, 0.6) is 5.75 Å². The van der Waals surface area contributed by atoms with Gasteiger partial charge in [0.1, 0.15) is 11.4 Å². The van der Waals surface area contributed by atoms with Crippen LogP contribution >= 0.6 is 0 Å². The quantitative estimate of drug-likeness (QED) is 0.756. The Morgan fingerprint density at radius 1 is 1.19 bits per heavy atom. The van der Waals surface area contributed by atoms with Crippen molar-refractivity contribution in [1.29, 1.82) is 0 Å². The summed E-state index contributed by atoms with van der Waals surface area (Å²) in [6.07, 6.45) is 5.85. The number of likely N-dealkylation sites (N-methyl/N-ethyl adjacent to an activating group) is 1. The first-order chi connectivity index (χ1) is 12.6. The Balaban J connectivity index is 1.76. The minimum Gasteiger partial charge on any atom is -0.507 e. The lowest BCUT2D eigenvalue weighted by Gasteiger charge is -2.30. The van der Waals surface area contributed by atoms with E-state index in [1.807, 2.05) is 31.3 Å². The van der Waals surface area contributed by atoms with Crippen molar-refractivity contribution in [2.75, 3.05) is 25.5 Å². The van der Waals surface area contributed by atoms with Gasteiger partial charge in [-0.05, 0) is 57.1 Å². The standard InChI is InChI=1S/C20H23N5O/c1-13-5-6-16(18(26)10-13)19-15-7-8-21-11-17(15)20(24-23-19)22-14-4-3-9-25(2)12-14/h5-8,10-11,14,26H,3-4,9,12H2,1-2H3,(H,22,24). The minimum atomic E-state index is 0.215. The third-order valence-corrected chi connectivity index (χ3v) is 4.95. The number of hydrogen-bond donors (Lipinski definition) is 2. The second-order valence-corrected chi connectivity index (χ2v) is 7.08. The molecule has 3 aromatic rings. The number of pyridine rings is 1. The molecule has 0 bridgehead atoms. The summed E-state index contributed by atoms with van der Waals surface area (Å²) < 4.78 is 0. The molecule has 0 amide bonds. The van der Waals surface area contributed by atoms with E-state index in [0.717, 1.165) is 41.7 Å². The first-order valence-corrected chi connectivity index (χ1v) is 8.97. The number of phenolic OH excluding ortho intramolecular Hbond substituents is 1. The van der Waals surface area contributed by atoms with Crippen LogP contribution in [-0.4, -0.2) is 51.4 Å². The molecule has 0 spiro atoms. The number of aryl methyl sites for hydroxylation is 1. The highest BCUT2D eigenvalue weighted by Crippen LogP contribution is 2.34. The van der Waals surface area contributed by atoms with Crippen LogP contribution in [0.2, 0.25) is 0 Å². The SMILES string of the molecule is Cc1ccc(-c2nnc(NC3CCCN(C)C3)c3cnccc23)c(O)c1. The number of nitrogens with one attached hydrogen (secondary N) is 1. The maximum atomic E-state index is 10.4. The van der Waals surface area contributed by atoms with E-state index in [2.05, 4.69) is 32.4 Å². The molecule has 4 rings (SSSR count). The van der Waals surface area contributed by atoms with Gasteiger partial charge in [0.05, 0.1) is 0 Å². The highest BCUT2D eigenvalue weighted by molar-refractivity contribution is 6.00. The summed E-state index contributed by atoms with van der Waals surface area (Å²) >= 11 is 0. The van der Waals surface area contributed by atoms with E-state index >= 15 is 0 Å². The maximum absolute atomic E-state index is 10.4. The lowest BCUT2D eigenvalue weighted by molar-refractivity contribution is 0.261. The number of benzene rings is 1. The summed E-state index contributed by atoms with van der Waals surface area (Å²) in [6, 6.07) is 7.88. The largest absolute Gasteiger partial charge is 0.507 e. The van der Waals surface area contributed by atoms with E-state index in [0.29, 0.717) is 17.3 Å². The number of aromatic nitrogens is 3.